The maximum absolute atomic E-state index is 13.1. The van der Waals surface area contributed by atoms with Crippen molar-refractivity contribution in [1.82, 2.24) is 4.90 Å². The van der Waals surface area contributed by atoms with Gasteiger partial charge in [-0.25, -0.2) is 0 Å². The van der Waals surface area contributed by atoms with E-state index in [1.165, 1.54) is 25.7 Å². The Balaban J connectivity index is 1.78. The summed E-state index contributed by atoms with van der Waals surface area (Å²) in [7, 11) is 3.10. The lowest BCUT2D eigenvalue weighted by molar-refractivity contribution is -0.116. The van der Waals surface area contributed by atoms with E-state index in [1.807, 2.05) is 4.90 Å². The topological polar surface area (TPSA) is 67.9 Å². The fraction of sp³-hybridized carbons (Fsp3) is 0.636. The average Bonchev–Trinajstić information content (AvgIpc) is 3.25. The standard InChI is InChI=1S/C22H32N2O4/c1-27-19-14-17(22(26)24-12-6-3-7-13-24)18(15-20(19)28-2)23-21(25)11-10-16-8-4-5-9-16/h14-16H,3-13H2,1-2H3,(H,23,25). The minimum absolute atomic E-state index is 0.0492. The van der Waals surface area contributed by atoms with Gasteiger partial charge in [-0.1, -0.05) is 25.7 Å². The molecule has 1 aliphatic heterocycles. The third kappa shape index (κ3) is 4.97. The van der Waals surface area contributed by atoms with Crippen LogP contribution in [0.25, 0.3) is 0 Å². The molecule has 2 aliphatic rings. The summed E-state index contributed by atoms with van der Waals surface area (Å²) in [6, 6.07) is 3.38. The predicted molar refractivity (Wildman–Crippen MR) is 109 cm³/mol. The van der Waals surface area contributed by atoms with Crippen LogP contribution >= 0.6 is 0 Å². The molecule has 0 unspecified atom stereocenters. The number of amides is 2. The summed E-state index contributed by atoms with van der Waals surface area (Å²) < 4.78 is 10.8. The van der Waals surface area contributed by atoms with Gasteiger partial charge in [0.1, 0.15) is 0 Å². The van der Waals surface area contributed by atoms with E-state index in [0.717, 1.165) is 38.8 Å². The molecular weight excluding hydrogens is 356 g/mol. The summed E-state index contributed by atoms with van der Waals surface area (Å²) in [6.07, 6.45) is 9.58. The molecule has 1 aromatic rings. The zero-order valence-electron chi connectivity index (χ0n) is 17.1. The second-order valence-electron chi connectivity index (χ2n) is 7.84. The number of methoxy groups -OCH3 is 2. The molecule has 154 valence electrons. The Morgan fingerprint density at radius 1 is 1.00 bits per heavy atom. The molecule has 6 nitrogen and oxygen atoms in total. The lowest BCUT2D eigenvalue weighted by Gasteiger charge is -2.28. The number of hydrogen-bond acceptors (Lipinski definition) is 4. The molecule has 0 spiro atoms. The van der Waals surface area contributed by atoms with Gasteiger partial charge in [-0.15, -0.1) is 0 Å². The molecule has 2 fully saturated rings. The molecule has 0 atom stereocenters. The Labute approximate surface area is 167 Å². The number of nitrogens with one attached hydrogen (secondary N) is 1. The van der Waals surface area contributed by atoms with Crippen molar-refractivity contribution in [1.29, 1.82) is 0 Å². The SMILES string of the molecule is COc1cc(NC(=O)CCC2CCCC2)c(C(=O)N2CCCCC2)cc1OC. The summed E-state index contributed by atoms with van der Waals surface area (Å²) in [5.74, 6) is 1.54. The molecule has 0 bridgehead atoms. The van der Waals surface area contributed by atoms with E-state index < -0.39 is 0 Å². The van der Waals surface area contributed by atoms with E-state index in [4.69, 9.17) is 9.47 Å². The number of rotatable bonds is 7. The highest BCUT2D eigenvalue weighted by molar-refractivity contribution is 6.04. The highest BCUT2D eigenvalue weighted by atomic mass is 16.5. The van der Waals surface area contributed by atoms with Crippen molar-refractivity contribution < 1.29 is 19.1 Å². The van der Waals surface area contributed by atoms with Gasteiger partial charge in [0, 0.05) is 25.6 Å². The fourth-order valence-electron chi connectivity index (χ4n) is 4.27. The van der Waals surface area contributed by atoms with Crippen molar-refractivity contribution >= 4 is 17.5 Å². The largest absolute Gasteiger partial charge is 0.493 e. The van der Waals surface area contributed by atoms with Gasteiger partial charge in [-0.05, 0) is 37.7 Å². The van der Waals surface area contributed by atoms with Crippen molar-refractivity contribution in [2.75, 3.05) is 32.6 Å². The number of likely N-dealkylation sites (tertiary alicyclic amines) is 1. The second kappa shape index (κ2) is 9.80. The van der Waals surface area contributed by atoms with Crippen LogP contribution in [-0.4, -0.2) is 44.0 Å². The van der Waals surface area contributed by atoms with Crippen LogP contribution < -0.4 is 14.8 Å². The Kier molecular flexibility index (Phi) is 7.18. The van der Waals surface area contributed by atoms with E-state index in [0.29, 0.717) is 35.1 Å². The van der Waals surface area contributed by atoms with Crippen molar-refractivity contribution in [3.8, 4) is 11.5 Å². The lowest BCUT2D eigenvalue weighted by atomic mass is 10.0. The van der Waals surface area contributed by atoms with Crippen LogP contribution in [0.3, 0.4) is 0 Å². The molecule has 0 aromatic heterocycles. The first-order valence-corrected chi connectivity index (χ1v) is 10.5. The van der Waals surface area contributed by atoms with Gasteiger partial charge >= 0.3 is 0 Å². The molecule has 28 heavy (non-hydrogen) atoms. The molecule has 1 aliphatic carbocycles. The smallest absolute Gasteiger partial charge is 0.256 e. The minimum Gasteiger partial charge on any atom is -0.493 e. The molecule has 1 aromatic carbocycles. The van der Waals surface area contributed by atoms with E-state index >= 15 is 0 Å². The lowest BCUT2D eigenvalue weighted by Crippen LogP contribution is -2.36. The molecule has 1 saturated heterocycles. The number of carbonyl (C=O) groups is 2. The Hall–Kier alpha value is -2.24. The molecule has 1 saturated carbocycles. The number of anilines is 1. The van der Waals surface area contributed by atoms with Gasteiger partial charge in [-0.3, -0.25) is 9.59 Å². The maximum atomic E-state index is 13.1. The first-order valence-electron chi connectivity index (χ1n) is 10.5. The Morgan fingerprint density at radius 2 is 1.64 bits per heavy atom. The zero-order chi connectivity index (χ0) is 19.9. The predicted octanol–water partition coefficient (Wildman–Crippen LogP) is 4.24. The average molecular weight is 389 g/mol. The number of benzene rings is 1. The van der Waals surface area contributed by atoms with Crippen LogP contribution in [-0.2, 0) is 4.79 Å². The fourth-order valence-corrected chi connectivity index (χ4v) is 4.27. The summed E-state index contributed by atoms with van der Waals surface area (Å²) >= 11 is 0. The van der Waals surface area contributed by atoms with Crippen molar-refractivity contribution in [3.05, 3.63) is 17.7 Å². The molecule has 0 radical (unpaired) electrons. The number of piperidine rings is 1. The van der Waals surface area contributed by atoms with Crippen LogP contribution in [0.2, 0.25) is 0 Å². The van der Waals surface area contributed by atoms with Crippen LogP contribution in [0.5, 0.6) is 11.5 Å². The van der Waals surface area contributed by atoms with Gasteiger partial charge in [0.25, 0.3) is 5.91 Å². The van der Waals surface area contributed by atoms with E-state index in [1.54, 1.807) is 26.4 Å². The Morgan fingerprint density at radius 3 is 2.29 bits per heavy atom. The first-order chi connectivity index (χ1) is 13.6. The second-order valence-corrected chi connectivity index (χ2v) is 7.84. The monoisotopic (exact) mass is 388 g/mol. The van der Waals surface area contributed by atoms with Gasteiger partial charge in [0.2, 0.25) is 5.91 Å². The number of ether oxygens (including phenoxy) is 2. The minimum atomic E-state index is -0.0632. The molecule has 1 heterocycles. The van der Waals surface area contributed by atoms with Crippen LogP contribution in [0.15, 0.2) is 12.1 Å². The van der Waals surface area contributed by atoms with Crippen LogP contribution in [0.4, 0.5) is 5.69 Å². The van der Waals surface area contributed by atoms with Gasteiger partial charge in [0.05, 0.1) is 25.5 Å². The molecule has 6 heteroatoms. The maximum Gasteiger partial charge on any atom is 0.256 e. The van der Waals surface area contributed by atoms with Gasteiger partial charge in [-0.2, -0.15) is 0 Å². The van der Waals surface area contributed by atoms with Crippen molar-refractivity contribution in [2.24, 2.45) is 5.92 Å². The van der Waals surface area contributed by atoms with Gasteiger partial charge < -0.3 is 19.7 Å². The highest BCUT2D eigenvalue weighted by Crippen LogP contribution is 2.35. The number of nitrogens with zero attached hydrogens (tertiary/aromatic N) is 1. The third-order valence-corrected chi connectivity index (χ3v) is 5.93. The highest BCUT2D eigenvalue weighted by Gasteiger charge is 2.24. The third-order valence-electron chi connectivity index (χ3n) is 5.93. The molecule has 1 N–H and O–H groups in total. The number of hydrogen-bond donors (Lipinski definition) is 1. The summed E-state index contributed by atoms with van der Waals surface area (Å²) in [5, 5.41) is 2.96. The summed E-state index contributed by atoms with van der Waals surface area (Å²) in [6.45, 7) is 1.50. The first kappa shape index (κ1) is 20.5. The van der Waals surface area contributed by atoms with Crippen molar-refractivity contribution in [3.63, 3.8) is 0 Å². The van der Waals surface area contributed by atoms with Crippen LogP contribution in [0.1, 0.15) is 68.1 Å². The van der Waals surface area contributed by atoms with E-state index in [9.17, 15) is 9.59 Å². The molecular formula is C22H32N2O4. The molecule has 3 rings (SSSR count). The quantitative estimate of drug-likeness (QED) is 0.759. The number of carbonyl (C=O) groups excluding carboxylic acids is 2. The van der Waals surface area contributed by atoms with Crippen molar-refractivity contribution in [2.45, 2.75) is 57.8 Å². The Bertz CT molecular complexity index is 692. The summed E-state index contributed by atoms with van der Waals surface area (Å²) in [5.41, 5.74) is 0.971. The normalized spacial score (nSPS) is 17.4. The van der Waals surface area contributed by atoms with E-state index in [-0.39, 0.29) is 11.8 Å². The van der Waals surface area contributed by atoms with Crippen LogP contribution in [0, 0.1) is 5.92 Å². The van der Waals surface area contributed by atoms with E-state index in [2.05, 4.69) is 5.32 Å². The molecule has 2 amide bonds. The zero-order valence-corrected chi connectivity index (χ0v) is 17.1. The van der Waals surface area contributed by atoms with Gasteiger partial charge in [0.15, 0.2) is 11.5 Å². The summed E-state index contributed by atoms with van der Waals surface area (Å²) in [4.78, 5) is 27.5.